The van der Waals surface area contributed by atoms with Gasteiger partial charge in [0.15, 0.2) is 9.84 Å². The molecule has 2 aliphatic rings. The quantitative estimate of drug-likeness (QED) is 0.781. The maximum Gasteiger partial charge on any atom is 0.155 e. The van der Waals surface area contributed by atoms with Gasteiger partial charge in [0.25, 0.3) is 0 Å². The van der Waals surface area contributed by atoms with Gasteiger partial charge < -0.3 is 5.32 Å². The third-order valence-corrected chi connectivity index (χ3v) is 6.96. The first-order valence-electron chi connectivity index (χ1n) is 6.85. The summed E-state index contributed by atoms with van der Waals surface area (Å²) in [4.78, 5) is 0. The molecule has 2 fully saturated rings. The molecule has 4 unspecified atom stereocenters. The van der Waals surface area contributed by atoms with E-state index in [-0.39, 0.29) is 17.2 Å². The predicted molar refractivity (Wildman–Crippen MR) is 70.7 cm³/mol. The second-order valence-electron chi connectivity index (χ2n) is 6.31. The standard InChI is InChI=1S/C13H25NO2S/c1-9(2)11-4-5-12-13(6-11)17(15,16)8-10(3)7-14-12/h9-14H,4-8H2,1-3H3. The van der Waals surface area contributed by atoms with Gasteiger partial charge in [0.2, 0.25) is 0 Å². The van der Waals surface area contributed by atoms with E-state index in [2.05, 4.69) is 19.2 Å². The molecule has 1 aliphatic heterocycles. The lowest BCUT2D eigenvalue weighted by molar-refractivity contribution is 0.242. The van der Waals surface area contributed by atoms with Crippen molar-refractivity contribution in [3.8, 4) is 0 Å². The van der Waals surface area contributed by atoms with Gasteiger partial charge in [0.1, 0.15) is 0 Å². The fourth-order valence-corrected chi connectivity index (χ4v) is 5.76. The topological polar surface area (TPSA) is 46.2 Å². The number of sulfone groups is 1. The minimum absolute atomic E-state index is 0.131. The van der Waals surface area contributed by atoms with Gasteiger partial charge in [-0.1, -0.05) is 20.8 Å². The van der Waals surface area contributed by atoms with E-state index in [0.29, 0.717) is 17.6 Å². The lowest BCUT2D eigenvalue weighted by atomic mass is 9.79. The molecule has 1 aliphatic carbocycles. The minimum Gasteiger partial charge on any atom is -0.312 e. The van der Waals surface area contributed by atoms with Crippen molar-refractivity contribution in [3.63, 3.8) is 0 Å². The molecule has 2 rings (SSSR count). The van der Waals surface area contributed by atoms with Crippen LogP contribution in [0, 0.1) is 17.8 Å². The predicted octanol–water partition coefficient (Wildman–Crippen LogP) is 1.83. The maximum atomic E-state index is 12.4. The molecule has 4 atom stereocenters. The van der Waals surface area contributed by atoms with Crippen LogP contribution in [-0.2, 0) is 9.84 Å². The van der Waals surface area contributed by atoms with Gasteiger partial charge in [-0.25, -0.2) is 8.42 Å². The molecule has 1 N–H and O–H groups in total. The van der Waals surface area contributed by atoms with Crippen LogP contribution in [0.1, 0.15) is 40.0 Å². The summed E-state index contributed by atoms with van der Waals surface area (Å²) in [5, 5.41) is 3.34. The van der Waals surface area contributed by atoms with Gasteiger partial charge in [-0.2, -0.15) is 0 Å². The molecule has 1 heterocycles. The first-order chi connectivity index (χ1) is 7.90. The third kappa shape index (κ3) is 2.84. The number of fused-ring (bicyclic) bond motifs is 1. The van der Waals surface area contributed by atoms with Crippen LogP contribution < -0.4 is 5.32 Å². The van der Waals surface area contributed by atoms with Gasteiger partial charge in [0, 0.05) is 6.04 Å². The Labute approximate surface area is 105 Å². The zero-order valence-electron chi connectivity index (χ0n) is 11.1. The molecular formula is C13H25NO2S. The van der Waals surface area contributed by atoms with E-state index >= 15 is 0 Å². The normalized spacial score (nSPS) is 41.9. The van der Waals surface area contributed by atoms with Crippen LogP contribution in [0.4, 0.5) is 0 Å². The monoisotopic (exact) mass is 259 g/mol. The second-order valence-corrected chi connectivity index (χ2v) is 8.57. The summed E-state index contributed by atoms with van der Waals surface area (Å²) in [5.41, 5.74) is 0. The molecule has 3 nitrogen and oxygen atoms in total. The Balaban J connectivity index is 2.19. The molecule has 0 aromatic rings. The molecule has 0 spiro atoms. The second kappa shape index (κ2) is 4.88. The molecular weight excluding hydrogens is 234 g/mol. The van der Waals surface area contributed by atoms with Crippen LogP contribution in [0.5, 0.6) is 0 Å². The van der Waals surface area contributed by atoms with Crippen molar-refractivity contribution in [1.82, 2.24) is 5.32 Å². The third-order valence-electron chi connectivity index (χ3n) is 4.48. The van der Waals surface area contributed by atoms with Gasteiger partial charge in [-0.15, -0.1) is 0 Å². The van der Waals surface area contributed by atoms with Gasteiger partial charge in [-0.3, -0.25) is 0 Å². The first-order valence-corrected chi connectivity index (χ1v) is 8.56. The highest BCUT2D eigenvalue weighted by molar-refractivity contribution is 7.92. The molecule has 4 heteroatoms. The zero-order chi connectivity index (χ0) is 12.6. The Kier molecular flexibility index (Phi) is 3.83. The maximum absolute atomic E-state index is 12.4. The van der Waals surface area contributed by atoms with Crippen molar-refractivity contribution in [3.05, 3.63) is 0 Å². The lowest BCUT2D eigenvalue weighted by Crippen LogP contribution is -2.47. The summed E-state index contributed by atoms with van der Waals surface area (Å²) >= 11 is 0. The average molecular weight is 259 g/mol. The van der Waals surface area contributed by atoms with Crippen LogP contribution in [0.15, 0.2) is 0 Å². The zero-order valence-corrected chi connectivity index (χ0v) is 12.0. The van der Waals surface area contributed by atoms with Gasteiger partial charge >= 0.3 is 0 Å². The number of hydrogen-bond donors (Lipinski definition) is 1. The fraction of sp³-hybridized carbons (Fsp3) is 1.00. The fourth-order valence-electron chi connectivity index (χ4n) is 3.33. The van der Waals surface area contributed by atoms with Gasteiger partial charge in [0.05, 0.1) is 11.0 Å². The van der Waals surface area contributed by atoms with E-state index in [1.54, 1.807) is 0 Å². The summed E-state index contributed by atoms with van der Waals surface area (Å²) in [6.45, 7) is 7.31. The van der Waals surface area contributed by atoms with Crippen molar-refractivity contribution in [1.29, 1.82) is 0 Å². The molecule has 1 saturated heterocycles. The number of rotatable bonds is 1. The van der Waals surface area contributed by atoms with Crippen molar-refractivity contribution in [2.24, 2.45) is 17.8 Å². The highest BCUT2D eigenvalue weighted by Gasteiger charge is 2.41. The number of hydrogen-bond acceptors (Lipinski definition) is 3. The van der Waals surface area contributed by atoms with Crippen molar-refractivity contribution in [2.45, 2.75) is 51.3 Å². The lowest BCUT2D eigenvalue weighted by Gasteiger charge is -2.36. The van der Waals surface area contributed by atoms with Crippen LogP contribution >= 0.6 is 0 Å². The van der Waals surface area contributed by atoms with Gasteiger partial charge in [-0.05, 0) is 43.6 Å². The first kappa shape index (κ1) is 13.3. The van der Waals surface area contributed by atoms with Crippen LogP contribution in [0.25, 0.3) is 0 Å². The van der Waals surface area contributed by atoms with E-state index in [0.717, 1.165) is 19.4 Å². The Bertz CT molecular complexity index is 364. The molecule has 0 amide bonds. The van der Waals surface area contributed by atoms with Crippen molar-refractivity contribution in [2.75, 3.05) is 12.3 Å². The smallest absolute Gasteiger partial charge is 0.155 e. The molecule has 0 bridgehead atoms. The van der Waals surface area contributed by atoms with Crippen LogP contribution in [0.2, 0.25) is 0 Å². The highest BCUT2D eigenvalue weighted by atomic mass is 32.2. The number of nitrogens with one attached hydrogen (secondary N) is 1. The Morgan fingerprint density at radius 3 is 2.59 bits per heavy atom. The van der Waals surface area contributed by atoms with Crippen LogP contribution in [0.3, 0.4) is 0 Å². The highest BCUT2D eigenvalue weighted by Crippen LogP contribution is 2.35. The summed E-state index contributed by atoms with van der Waals surface area (Å²) in [5.74, 6) is 1.81. The Hall–Kier alpha value is -0.0900. The Morgan fingerprint density at radius 2 is 1.94 bits per heavy atom. The van der Waals surface area contributed by atoms with E-state index in [1.807, 2.05) is 6.92 Å². The van der Waals surface area contributed by atoms with E-state index in [4.69, 9.17) is 0 Å². The Morgan fingerprint density at radius 1 is 1.24 bits per heavy atom. The van der Waals surface area contributed by atoms with Crippen LogP contribution in [-0.4, -0.2) is 32.0 Å². The largest absolute Gasteiger partial charge is 0.312 e. The molecule has 0 radical (unpaired) electrons. The summed E-state index contributed by atoms with van der Waals surface area (Å²) in [6, 6.07) is 0.208. The van der Waals surface area contributed by atoms with E-state index < -0.39 is 9.84 Å². The summed E-state index contributed by atoms with van der Waals surface area (Å²) in [6.07, 6.45) is 3.07. The average Bonchev–Trinajstić information content (AvgIpc) is 2.35. The molecule has 0 aromatic carbocycles. The summed E-state index contributed by atoms with van der Waals surface area (Å²) < 4.78 is 24.7. The molecule has 0 aromatic heterocycles. The molecule has 100 valence electrons. The molecule has 17 heavy (non-hydrogen) atoms. The minimum atomic E-state index is -2.90. The van der Waals surface area contributed by atoms with E-state index in [1.165, 1.54) is 6.42 Å². The SMILES string of the molecule is CC1CNC2CCC(C(C)C)CC2S(=O)(=O)C1. The van der Waals surface area contributed by atoms with Crippen molar-refractivity contribution < 1.29 is 8.42 Å². The molecule has 1 saturated carbocycles. The van der Waals surface area contributed by atoms with Crippen molar-refractivity contribution >= 4 is 9.84 Å². The summed E-state index contributed by atoms with van der Waals surface area (Å²) in [7, 11) is -2.90. The van der Waals surface area contributed by atoms with E-state index in [9.17, 15) is 8.42 Å².